The Morgan fingerprint density at radius 1 is 1.50 bits per heavy atom. The number of nitrogens with zero attached hydrogens (tertiary/aromatic N) is 1. The second-order valence-electron chi connectivity index (χ2n) is 4.53. The van der Waals surface area contributed by atoms with Gasteiger partial charge in [0, 0.05) is 28.9 Å². The van der Waals surface area contributed by atoms with E-state index in [1.807, 2.05) is 32.0 Å². The van der Waals surface area contributed by atoms with Crippen molar-refractivity contribution in [3.63, 3.8) is 0 Å². The van der Waals surface area contributed by atoms with Crippen molar-refractivity contribution >= 4 is 10.8 Å². The summed E-state index contributed by atoms with van der Waals surface area (Å²) in [6.45, 7) is 5.67. The quantitative estimate of drug-likeness (QED) is 0.801. The number of rotatable bonds is 6. The lowest BCUT2D eigenvalue weighted by Crippen LogP contribution is -2.21. The molecule has 0 amide bonds. The van der Waals surface area contributed by atoms with Gasteiger partial charge in [-0.3, -0.25) is 4.21 Å². The minimum absolute atomic E-state index is 0.236. The predicted octanol–water partition coefficient (Wildman–Crippen LogP) is 2.11. The minimum atomic E-state index is -0.743. The Labute approximate surface area is 112 Å². The monoisotopic (exact) mass is 264 g/mol. The van der Waals surface area contributed by atoms with Crippen LogP contribution in [0.3, 0.4) is 0 Å². The van der Waals surface area contributed by atoms with E-state index in [2.05, 4.69) is 11.4 Å². The van der Waals surface area contributed by atoms with E-state index in [0.717, 1.165) is 25.1 Å². The van der Waals surface area contributed by atoms with Gasteiger partial charge in [-0.1, -0.05) is 13.0 Å². The van der Waals surface area contributed by atoms with Crippen LogP contribution in [0.4, 0.5) is 0 Å². The number of nitrogens with one attached hydrogen (secondary N) is 1. The van der Waals surface area contributed by atoms with Crippen molar-refractivity contribution in [3.05, 3.63) is 34.9 Å². The van der Waals surface area contributed by atoms with Gasteiger partial charge >= 0.3 is 0 Å². The van der Waals surface area contributed by atoms with Gasteiger partial charge in [-0.05, 0) is 43.1 Å². The molecule has 0 saturated heterocycles. The van der Waals surface area contributed by atoms with Crippen LogP contribution in [0.5, 0.6) is 0 Å². The standard InChI is InChI=1S/C14H20N2OS/c1-11-8-13(9-15)4-5-14(11)10-16-7-6-12(2)18(3)17/h4-5,8,12,16H,6-7,10H2,1-3H3. The van der Waals surface area contributed by atoms with E-state index in [4.69, 9.17) is 5.26 Å². The summed E-state index contributed by atoms with van der Waals surface area (Å²) in [5.74, 6) is 0. The van der Waals surface area contributed by atoms with Crippen LogP contribution in [-0.4, -0.2) is 22.3 Å². The van der Waals surface area contributed by atoms with Gasteiger partial charge in [0.15, 0.2) is 0 Å². The minimum Gasteiger partial charge on any atom is -0.313 e. The zero-order chi connectivity index (χ0) is 13.5. The molecule has 0 aliphatic carbocycles. The van der Waals surface area contributed by atoms with Gasteiger partial charge in [-0.15, -0.1) is 0 Å². The zero-order valence-electron chi connectivity index (χ0n) is 11.2. The van der Waals surface area contributed by atoms with Crippen LogP contribution in [0, 0.1) is 18.3 Å². The first-order valence-corrected chi connectivity index (χ1v) is 7.69. The van der Waals surface area contributed by atoms with E-state index < -0.39 is 10.8 Å². The summed E-state index contributed by atoms with van der Waals surface area (Å²) in [5, 5.41) is 12.4. The zero-order valence-corrected chi connectivity index (χ0v) is 12.0. The van der Waals surface area contributed by atoms with Gasteiger partial charge in [-0.25, -0.2) is 0 Å². The third-order valence-electron chi connectivity index (χ3n) is 3.08. The Bertz CT molecular complexity index is 465. The molecular weight excluding hydrogens is 244 g/mol. The highest BCUT2D eigenvalue weighted by molar-refractivity contribution is 7.84. The number of hydrogen-bond donors (Lipinski definition) is 1. The molecule has 2 unspecified atom stereocenters. The lowest BCUT2D eigenvalue weighted by Gasteiger charge is -2.10. The largest absolute Gasteiger partial charge is 0.313 e. The highest BCUT2D eigenvalue weighted by atomic mass is 32.2. The van der Waals surface area contributed by atoms with Gasteiger partial charge in [0.25, 0.3) is 0 Å². The summed E-state index contributed by atoms with van der Waals surface area (Å²) in [5.41, 5.74) is 3.04. The van der Waals surface area contributed by atoms with E-state index in [0.29, 0.717) is 5.56 Å². The van der Waals surface area contributed by atoms with Crippen molar-refractivity contribution in [2.24, 2.45) is 0 Å². The molecule has 1 aromatic rings. The van der Waals surface area contributed by atoms with Gasteiger partial charge < -0.3 is 5.32 Å². The number of nitriles is 1. The molecule has 0 aromatic heterocycles. The maximum atomic E-state index is 11.2. The number of aryl methyl sites for hydroxylation is 1. The van der Waals surface area contributed by atoms with E-state index in [-0.39, 0.29) is 5.25 Å². The average Bonchev–Trinajstić information content (AvgIpc) is 2.35. The summed E-state index contributed by atoms with van der Waals surface area (Å²) >= 11 is 0. The summed E-state index contributed by atoms with van der Waals surface area (Å²) in [6.07, 6.45) is 2.66. The molecule has 0 heterocycles. The molecule has 4 heteroatoms. The Hall–Kier alpha value is -1.18. The second-order valence-corrected chi connectivity index (χ2v) is 6.33. The molecule has 1 rings (SSSR count). The predicted molar refractivity (Wildman–Crippen MR) is 75.7 cm³/mol. The van der Waals surface area contributed by atoms with Crippen molar-refractivity contribution in [2.75, 3.05) is 12.8 Å². The smallest absolute Gasteiger partial charge is 0.0991 e. The third-order valence-corrected chi connectivity index (χ3v) is 4.45. The fourth-order valence-electron chi connectivity index (χ4n) is 1.66. The maximum Gasteiger partial charge on any atom is 0.0991 e. The molecule has 0 aliphatic rings. The molecular formula is C14H20N2OS. The SMILES string of the molecule is Cc1cc(C#N)ccc1CNCCC(C)S(C)=O. The summed E-state index contributed by atoms with van der Waals surface area (Å²) in [7, 11) is -0.743. The highest BCUT2D eigenvalue weighted by Gasteiger charge is 2.05. The number of hydrogen-bond acceptors (Lipinski definition) is 3. The summed E-state index contributed by atoms with van der Waals surface area (Å²) in [4.78, 5) is 0. The first kappa shape index (κ1) is 14.9. The van der Waals surface area contributed by atoms with E-state index in [1.54, 1.807) is 6.26 Å². The van der Waals surface area contributed by atoms with Crippen LogP contribution in [0.25, 0.3) is 0 Å². The second kappa shape index (κ2) is 7.30. The van der Waals surface area contributed by atoms with E-state index >= 15 is 0 Å². The van der Waals surface area contributed by atoms with Crippen LogP contribution in [0.2, 0.25) is 0 Å². The maximum absolute atomic E-state index is 11.2. The van der Waals surface area contributed by atoms with E-state index in [9.17, 15) is 4.21 Å². The van der Waals surface area contributed by atoms with Crippen LogP contribution in [-0.2, 0) is 17.3 Å². The molecule has 0 bridgehead atoms. The van der Waals surface area contributed by atoms with Crippen molar-refractivity contribution < 1.29 is 4.21 Å². The lowest BCUT2D eigenvalue weighted by atomic mass is 10.1. The molecule has 0 spiro atoms. The van der Waals surface area contributed by atoms with Crippen molar-refractivity contribution in [1.29, 1.82) is 5.26 Å². The molecule has 98 valence electrons. The Balaban J connectivity index is 2.41. The summed E-state index contributed by atoms with van der Waals surface area (Å²) < 4.78 is 11.2. The highest BCUT2D eigenvalue weighted by Crippen LogP contribution is 2.10. The summed E-state index contributed by atoms with van der Waals surface area (Å²) in [6, 6.07) is 7.87. The Morgan fingerprint density at radius 3 is 2.78 bits per heavy atom. The lowest BCUT2D eigenvalue weighted by molar-refractivity contribution is 0.628. The molecule has 0 saturated carbocycles. The fraction of sp³-hybridized carbons (Fsp3) is 0.500. The Kier molecular flexibility index (Phi) is 6.03. The molecule has 1 N–H and O–H groups in total. The van der Waals surface area contributed by atoms with Crippen molar-refractivity contribution in [1.82, 2.24) is 5.32 Å². The average molecular weight is 264 g/mol. The topological polar surface area (TPSA) is 52.9 Å². The molecule has 3 nitrogen and oxygen atoms in total. The normalized spacial score (nSPS) is 13.9. The van der Waals surface area contributed by atoms with Crippen molar-refractivity contribution in [3.8, 4) is 6.07 Å². The first-order valence-electron chi connectivity index (χ1n) is 6.07. The Morgan fingerprint density at radius 2 is 2.22 bits per heavy atom. The molecule has 0 aliphatic heterocycles. The van der Waals surface area contributed by atoms with E-state index in [1.165, 1.54) is 5.56 Å². The molecule has 2 atom stereocenters. The van der Waals surface area contributed by atoms with Gasteiger partial charge in [0.1, 0.15) is 0 Å². The number of benzene rings is 1. The van der Waals surface area contributed by atoms with Gasteiger partial charge in [0.05, 0.1) is 11.6 Å². The fourth-order valence-corrected chi connectivity index (χ4v) is 2.11. The van der Waals surface area contributed by atoms with Crippen LogP contribution < -0.4 is 5.32 Å². The molecule has 18 heavy (non-hydrogen) atoms. The van der Waals surface area contributed by atoms with Crippen LogP contribution in [0.15, 0.2) is 18.2 Å². The molecule has 0 radical (unpaired) electrons. The molecule has 1 aromatic carbocycles. The van der Waals surface area contributed by atoms with Crippen LogP contribution in [0.1, 0.15) is 30.0 Å². The van der Waals surface area contributed by atoms with Crippen LogP contribution >= 0.6 is 0 Å². The van der Waals surface area contributed by atoms with Crippen molar-refractivity contribution in [2.45, 2.75) is 32.1 Å². The van der Waals surface area contributed by atoms with Gasteiger partial charge in [0.2, 0.25) is 0 Å². The van der Waals surface area contributed by atoms with Gasteiger partial charge in [-0.2, -0.15) is 5.26 Å². The first-order chi connectivity index (χ1) is 8.54. The third kappa shape index (κ3) is 4.59. The molecule has 0 fully saturated rings.